The van der Waals surface area contributed by atoms with Gasteiger partial charge in [0.15, 0.2) is 0 Å². The highest BCUT2D eigenvalue weighted by Crippen LogP contribution is 2.16. The molecule has 2 N–H and O–H groups in total. The highest BCUT2D eigenvalue weighted by molar-refractivity contribution is 5.88. The standard InChI is InChI=1S/C22H35N3O2/c1-17(2)15-20(26)24-21(19-10-5-4-6-11-19)22(27)23-12-8-14-25-13-7-9-18(3)16-25/h4-6,10-11,17-18,21H,7-9,12-16H2,1-3H3,(H,23,27)(H,24,26). The molecule has 5 nitrogen and oxygen atoms in total. The molecule has 0 saturated carbocycles. The van der Waals surface area contributed by atoms with Crippen LogP contribution in [0.2, 0.25) is 0 Å². The SMILES string of the molecule is CC(C)CC(=O)NC(C(=O)NCCCN1CCCC(C)C1)c1ccccc1. The maximum atomic E-state index is 12.7. The first kappa shape index (κ1) is 21.4. The summed E-state index contributed by atoms with van der Waals surface area (Å²) in [5.74, 6) is 0.810. The number of amides is 2. The Morgan fingerprint density at radius 3 is 2.63 bits per heavy atom. The fourth-order valence-electron chi connectivity index (χ4n) is 3.64. The van der Waals surface area contributed by atoms with Gasteiger partial charge in [0.05, 0.1) is 0 Å². The lowest BCUT2D eigenvalue weighted by Crippen LogP contribution is -2.42. The van der Waals surface area contributed by atoms with Crippen LogP contribution in [0.15, 0.2) is 30.3 Å². The number of benzene rings is 1. The monoisotopic (exact) mass is 373 g/mol. The van der Waals surface area contributed by atoms with Crippen molar-refractivity contribution in [3.63, 3.8) is 0 Å². The lowest BCUT2D eigenvalue weighted by molar-refractivity contribution is -0.129. The summed E-state index contributed by atoms with van der Waals surface area (Å²) in [6, 6.07) is 8.83. The fourth-order valence-corrected chi connectivity index (χ4v) is 3.64. The Balaban J connectivity index is 1.84. The van der Waals surface area contributed by atoms with Crippen LogP contribution in [0.25, 0.3) is 0 Å². The second kappa shape index (κ2) is 11.1. The average molecular weight is 374 g/mol. The summed E-state index contributed by atoms with van der Waals surface area (Å²) < 4.78 is 0. The molecule has 1 aliphatic heterocycles. The molecule has 1 aromatic rings. The molecule has 27 heavy (non-hydrogen) atoms. The van der Waals surface area contributed by atoms with E-state index in [1.54, 1.807) is 0 Å². The van der Waals surface area contributed by atoms with Crippen molar-refractivity contribution < 1.29 is 9.59 Å². The van der Waals surface area contributed by atoms with E-state index in [9.17, 15) is 9.59 Å². The van der Waals surface area contributed by atoms with E-state index in [2.05, 4.69) is 22.5 Å². The van der Waals surface area contributed by atoms with E-state index in [1.165, 1.54) is 12.8 Å². The first-order chi connectivity index (χ1) is 13.0. The van der Waals surface area contributed by atoms with Crippen LogP contribution < -0.4 is 10.6 Å². The molecule has 5 heteroatoms. The molecule has 0 spiro atoms. The third-order valence-corrected chi connectivity index (χ3v) is 4.99. The molecule has 2 rings (SSSR count). The number of hydrogen-bond donors (Lipinski definition) is 2. The Labute approximate surface area is 163 Å². The average Bonchev–Trinajstić information content (AvgIpc) is 2.63. The highest BCUT2D eigenvalue weighted by Gasteiger charge is 2.23. The molecule has 150 valence electrons. The third kappa shape index (κ3) is 7.71. The van der Waals surface area contributed by atoms with Crippen LogP contribution in [-0.4, -0.2) is 42.9 Å². The van der Waals surface area contributed by atoms with Crippen LogP contribution in [0, 0.1) is 11.8 Å². The van der Waals surface area contributed by atoms with Gasteiger partial charge < -0.3 is 15.5 Å². The molecule has 0 radical (unpaired) electrons. The largest absolute Gasteiger partial charge is 0.354 e. The van der Waals surface area contributed by atoms with Crippen LogP contribution >= 0.6 is 0 Å². The van der Waals surface area contributed by atoms with Gasteiger partial charge in [0.1, 0.15) is 6.04 Å². The van der Waals surface area contributed by atoms with Crippen LogP contribution in [0.4, 0.5) is 0 Å². The second-order valence-corrected chi connectivity index (χ2v) is 8.20. The Morgan fingerprint density at radius 2 is 1.96 bits per heavy atom. The van der Waals surface area contributed by atoms with Crippen LogP contribution in [0.5, 0.6) is 0 Å². The van der Waals surface area contributed by atoms with Crippen molar-refractivity contribution in [2.75, 3.05) is 26.2 Å². The van der Waals surface area contributed by atoms with Gasteiger partial charge in [-0.1, -0.05) is 51.1 Å². The number of carbonyl (C=O) groups is 2. The molecule has 2 unspecified atom stereocenters. The molecule has 2 atom stereocenters. The van der Waals surface area contributed by atoms with Crippen molar-refractivity contribution in [1.29, 1.82) is 0 Å². The number of piperidine rings is 1. The van der Waals surface area contributed by atoms with Gasteiger partial charge in [0.25, 0.3) is 0 Å². The van der Waals surface area contributed by atoms with E-state index >= 15 is 0 Å². The summed E-state index contributed by atoms with van der Waals surface area (Å²) in [6.45, 7) is 10.3. The number of hydrogen-bond acceptors (Lipinski definition) is 3. The molecule has 0 aliphatic carbocycles. The summed E-state index contributed by atoms with van der Waals surface area (Å²) >= 11 is 0. The molecule has 1 heterocycles. The van der Waals surface area contributed by atoms with Crippen molar-refractivity contribution in [2.24, 2.45) is 11.8 Å². The summed E-state index contributed by atoms with van der Waals surface area (Å²) in [5.41, 5.74) is 0.817. The number of rotatable bonds is 9. The smallest absolute Gasteiger partial charge is 0.247 e. The first-order valence-electron chi connectivity index (χ1n) is 10.3. The van der Waals surface area contributed by atoms with Crippen LogP contribution in [-0.2, 0) is 9.59 Å². The second-order valence-electron chi connectivity index (χ2n) is 8.20. The van der Waals surface area contributed by atoms with Gasteiger partial charge in [-0.15, -0.1) is 0 Å². The zero-order valence-electron chi connectivity index (χ0n) is 17.0. The molecule has 1 aliphatic rings. The van der Waals surface area contributed by atoms with Gasteiger partial charge in [0.2, 0.25) is 11.8 Å². The minimum atomic E-state index is -0.632. The molecule has 1 saturated heterocycles. The van der Waals surface area contributed by atoms with E-state index in [0.717, 1.165) is 37.5 Å². The lowest BCUT2D eigenvalue weighted by Gasteiger charge is -2.30. The van der Waals surface area contributed by atoms with Crippen molar-refractivity contribution in [1.82, 2.24) is 15.5 Å². The predicted octanol–water partition coefficient (Wildman–Crippen LogP) is 3.13. The molecule has 0 bridgehead atoms. The van der Waals surface area contributed by atoms with Gasteiger partial charge in [-0.2, -0.15) is 0 Å². The minimum absolute atomic E-state index is 0.0868. The van der Waals surface area contributed by atoms with Gasteiger partial charge in [-0.05, 0) is 49.8 Å². The number of nitrogens with one attached hydrogen (secondary N) is 2. The van der Waals surface area contributed by atoms with E-state index in [1.807, 2.05) is 44.2 Å². The Hall–Kier alpha value is -1.88. The minimum Gasteiger partial charge on any atom is -0.354 e. The first-order valence-corrected chi connectivity index (χ1v) is 10.3. The van der Waals surface area contributed by atoms with Crippen molar-refractivity contribution in [2.45, 2.75) is 52.5 Å². The maximum absolute atomic E-state index is 12.7. The normalized spacial score (nSPS) is 18.9. The zero-order valence-corrected chi connectivity index (χ0v) is 17.0. The van der Waals surface area contributed by atoms with E-state index in [4.69, 9.17) is 0 Å². The molecule has 0 aromatic heterocycles. The lowest BCUT2D eigenvalue weighted by atomic mass is 10.0. The maximum Gasteiger partial charge on any atom is 0.247 e. The van der Waals surface area contributed by atoms with Gasteiger partial charge in [0, 0.05) is 19.5 Å². The molecular formula is C22H35N3O2. The number of carbonyl (C=O) groups excluding carboxylic acids is 2. The van der Waals surface area contributed by atoms with Gasteiger partial charge >= 0.3 is 0 Å². The van der Waals surface area contributed by atoms with Crippen molar-refractivity contribution in [3.8, 4) is 0 Å². The predicted molar refractivity (Wildman–Crippen MR) is 109 cm³/mol. The summed E-state index contributed by atoms with van der Waals surface area (Å²) in [5, 5.41) is 5.91. The topological polar surface area (TPSA) is 61.4 Å². The molecule has 1 aromatic carbocycles. The molecule has 1 fully saturated rings. The van der Waals surface area contributed by atoms with Crippen molar-refractivity contribution in [3.05, 3.63) is 35.9 Å². The Morgan fingerprint density at radius 1 is 1.22 bits per heavy atom. The van der Waals surface area contributed by atoms with E-state index in [-0.39, 0.29) is 17.7 Å². The third-order valence-electron chi connectivity index (χ3n) is 4.99. The Kier molecular flexibility index (Phi) is 8.79. The highest BCUT2D eigenvalue weighted by atomic mass is 16.2. The zero-order chi connectivity index (χ0) is 19.6. The van der Waals surface area contributed by atoms with Crippen LogP contribution in [0.3, 0.4) is 0 Å². The van der Waals surface area contributed by atoms with Crippen LogP contribution in [0.1, 0.15) is 58.1 Å². The van der Waals surface area contributed by atoms with Crippen molar-refractivity contribution >= 4 is 11.8 Å². The van der Waals surface area contributed by atoms with E-state index < -0.39 is 6.04 Å². The summed E-state index contributed by atoms with van der Waals surface area (Å²) in [4.78, 5) is 27.4. The molecule has 2 amide bonds. The van der Waals surface area contributed by atoms with Gasteiger partial charge in [-0.25, -0.2) is 0 Å². The molecular weight excluding hydrogens is 338 g/mol. The number of nitrogens with zero attached hydrogens (tertiary/aromatic N) is 1. The quantitative estimate of drug-likeness (QED) is 0.654. The fraction of sp³-hybridized carbons (Fsp3) is 0.636. The van der Waals surface area contributed by atoms with E-state index in [0.29, 0.717) is 13.0 Å². The summed E-state index contributed by atoms with van der Waals surface area (Å²) in [7, 11) is 0. The summed E-state index contributed by atoms with van der Waals surface area (Å²) in [6.07, 6.45) is 3.94. The number of likely N-dealkylation sites (tertiary alicyclic amines) is 1. The Bertz CT molecular complexity index is 588. The van der Waals surface area contributed by atoms with Gasteiger partial charge in [-0.3, -0.25) is 9.59 Å².